The van der Waals surface area contributed by atoms with Crippen molar-refractivity contribution in [3.8, 4) is 23.0 Å². The predicted molar refractivity (Wildman–Crippen MR) is 135 cm³/mol. The molecule has 3 aromatic rings. The third-order valence-electron chi connectivity index (χ3n) is 5.08. The number of nitrogens with one attached hydrogen (secondary N) is 2. The minimum absolute atomic E-state index is 0.0786. The molecule has 0 unspecified atom stereocenters. The molecule has 3 aromatic carbocycles. The summed E-state index contributed by atoms with van der Waals surface area (Å²) in [4.78, 5) is 25.6. The van der Waals surface area contributed by atoms with E-state index in [4.69, 9.17) is 18.9 Å². The maximum atomic E-state index is 12.9. The van der Waals surface area contributed by atoms with Gasteiger partial charge in [0.25, 0.3) is 5.91 Å². The van der Waals surface area contributed by atoms with Crippen molar-refractivity contribution in [3.05, 3.63) is 71.8 Å². The van der Waals surface area contributed by atoms with Crippen molar-refractivity contribution in [3.63, 3.8) is 0 Å². The zero-order chi connectivity index (χ0) is 25.2. The fourth-order valence-corrected chi connectivity index (χ4v) is 3.45. The second-order valence-corrected chi connectivity index (χ2v) is 7.43. The van der Waals surface area contributed by atoms with Crippen molar-refractivity contribution >= 4 is 23.2 Å². The lowest BCUT2D eigenvalue weighted by Gasteiger charge is -2.18. The van der Waals surface area contributed by atoms with Crippen LogP contribution in [0.1, 0.15) is 29.8 Å². The molecule has 0 fully saturated rings. The van der Waals surface area contributed by atoms with Crippen LogP contribution in [0.25, 0.3) is 0 Å². The molecule has 8 nitrogen and oxygen atoms in total. The van der Waals surface area contributed by atoms with Gasteiger partial charge in [0.05, 0.1) is 45.2 Å². The number of anilines is 2. The van der Waals surface area contributed by atoms with Crippen LogP contribution < -0.4 is 29.6 Å². The maximum Gasteiger partial charge on any atom is 0.255 e. The minimum Gasteiger partial charge on any atom is -0.497 e. The molecule has 184 valence electrons. The van der Waals surface area contributed by atoms with E-state index < -0.39 is 0 Å². The Bertz CT molecular complexity index is 1160. The summed E-state index contributed by atoms with van der Waals surface area (Å²) in [6, 6.07) is 17.5. The molecule has 0 aliphatic carbocycles. The molecule has 0 bridgehead atoms. The summed E-state index contributed by atoms with van der Waals surface area (Å²) >= 11 is 0. The highest BCUT2D eigenvalue weighted by atomic mass is 16.5. The molecular weight excluding hydrogens is 448 g/mol. The molecule has 8 heteroatoms. The van der Waals surface area contributed by atoms with Gasteiger partial charge >= 0.3 is 0 Å². The lowest BCUT2D eigenvalue weighted by molar-refractivity contribution is -0.115. The second kappa shape index (κ2) is 12.3. The van der Waals surface area contributed by atoms with Gasteiger partial charge in [-0.25, -0.2) is 0 Å². The van der Waals surface area contributed by atoms with E-state index in [0.717, 1.165) is 0 Å². The number of hydrogen-bond acceptors (Lipinski definition) is 6. The van der Waals surface area contributed by atoms with E-state index in [-0.39, 0.29) is 18.2 Å². The monoisotopic (exact) mass is 478 g/mol. The van der Waals surface area contributed by atoms with Crippen molar-refractivity contribution < 1.29 is 28.5 Å². The van der Waals surface area contributed by atoms with E-state index in [9.17, 15) is 9.59 Å². The van der Waals surface area contributed by atoms with Crippen LogP contribution in [0.3, 0.4) is 0 Å². The standard InChI is InChI=1S/C27H30N2O6/c1-5-34-24-17-22(29-27(31)18-10-8-7-9-11-18)25(35-6-2)16-21(24)28-26(30)14-19-12-13-20(32-3)15-23(19)33-4/h7-13,15-17H,5-6,14H2,1-4H3,(H,28,30)(H,29,31). The molecule has 2 N–H and O–H groups in total. The predicted octanol–water partition coefficient (Wildman–Crippen LogP) is 4.93. The van der Waals surface area contributed by atoms with Gasteiger partial charge in [0.15, 0.2) is 0 Å². The normalized spacial score (nSPS) is 10.3. The Hall–Kier alpha value is -4.20. The van der Waals surface area contributed by atoms with E-state index in [1.54, 1.807) is 68.8 Å². The fourth-order valence-electron chi connectivity index (χ4n) is 3.45. The largest absolute Gasteiger partial charge is 0.497 e. The molecule has 35 heavy (non-hydrogen) atoms. The van der Waals surface area contributed by atoms with Gasteiger partial charge in [-0.15, -0.1) is 0 Å². The van der Waals surface area contributed by atoms with Crippen molar-refractivity contribution in [1.29, 1.82) is 0 Å². The van der Waals surface area contributed by atoms with Gasteiger partial charge in [0, 0.05) is 29.3 Å². The Balaban J connectivity index is 1.86. The Morgan fingerprint density at radius 1 is 0.743 bits per heavy atom. The summed E-state index contributed by atoms with van der Waals surface area (Å²) < 4.78 is 22.1. The van der Waals surface area contributed by atoms with Crippen molar-refractivity contribution in [1.82, 2.24) is 0 Å². The lowest BCUT2D eigenvalue weighted by atomic mass is 10.1. The molecule has 3 rings (SSSR count). The fraction of sp³-hybridized carbons (Fsp3) is 0.259. The van der Waals surface area contributed by atoms with Crippen LogP contribution in [0, 0.1) is 0 Å². The van der Waals surface area contributed by atoms with Gasteiger partial charge in [0.2, 0.25) is 5.91 Å². The van der Waals surface area contributed by atoms with Crippen molar-refractivity contribution in [2.45, 2.75) is 20.3 Å². The Labute approximate surface area is 205 Å². The number of ether oxygens (including phenoxy) is 4. The Morgan fingerprint density at radius 3 is 1.94 bits per heavy atom. The van der Waals surface area contributed by atoms with E-state index in [1.165, 1.54) is 0 Å². The molecular formula is C27H30N2O6. The van der Waals surface area contributed by atoms with Crippen molar-refractivity contribution in [2.24, 2.45) is 0 Å². The quantitative estimate of drug-likeness (QED) is 0.406. The number of methoxy groups -OCH3 is 2. The molecule has 0 aromatic heterocycles. The summed E-state index contributed by atoms with van der Waals surface area (Å²) in [5.41, 5.74) is 2.10. The zero-order valence-corrected chi connectivity index (χ0v) is 20.3. The highest BCUT2D eigenvalue weighted by Crippen LogP contribution is 2.37. The SMILES string of the molecule is CCOc1cc(NC(=O)c2ccccc2)c(OCC)cc1NC(=O)Cc1ccc(OC)cc1OC. The van der Waals surface area contributed by atoms with Crippen LogP contribution in [0.15, 0.2) is 60.7 Å². The summed E-state index contributed by atoms with van der Waals surface area (Å²) in [7, 11) is 3.11. The average Bonchev–Trinajstić information content (AvgIpc) is 2.87. The Kier molecular flexibility index (Phi) is 8.95. The Morgan fingerprint density at radius 2 is 1.37 bits per heavy atom. The molecule has 0 heterocycles. The molecule has 0 aliphatic heterocycles. The number of carbonyl (C=O) groups is 2. The van der Waals surface area contributed by atoms with Crippen molar-refractivity contribution in [2.75, 3.05) is 38.1 Å². The molecule has 0 aliphatic rings. The summed E-state index contributed by atoms with van der Waals surface area (Å²) in [6.07, 6.45) is 0.0786. The van der Waals surface area contributed by atoms with E-state index >= 15 is 0 Å². The van der Waals surface area contributed by atoms with Crippen LogP contribution in [0.4, 0.5) is 11.4 Å². The molecule has 0 atom stereocenters. The van der Waals surface area contributed by atoms with E-state index in [2.05, 4.69) is 10.6 Å². The smallest absolute Gasteiger partial charge is 0.255 e. The third kappa shape index (κ3) is 6.66. The molecule has 0 saturated carbocycles. The lowest BCUT2D eigenvalue weighted by Crippen LogP contribution is -2.17. The van der Waals surface area contributed by atoms with E-state index in [1.807, 2.05) is 19.9 Å². The molecule has 0 saturated heterocycles. The first-order valence-corrected chi connectivity index (χ1v) is 11.3. The second-order valence-electron chi connectivity index (χ2n) is 7.43. The van der Waals surface area contributed by atoms with Crippen LogP contribution in [0.5, 0.6) is 23.0 Å². The average molecular weight is 479 g/mol. The summed E-state index contributed by atoms with van der Waals surface area (Å²) in [5.74, 6) is 1.47. The third-order valence-corrected chi connectivity index (χ3v) is 5.08. The van der Waals surface area contributed by atoms with Crippen LogP contribution >= 0.6 is 0 Å². The topological polar surface area (TPSA) is 95.1 Å². The van der Waals surface area contributed by atoms with Gasteiger partial charge in [-0.1, -0.05) is 24.3 Å². The zero-order valence-electron chi connectivity index (χ0n) is 20.3. The van der Waals surface area contributed by atoms with Gasteiger partial charge in [-0.2, -0.15) is 0 Å². The van der Waals surface area contributed by atoms with Gasteiger partial charge in [-0.3, -0.25) is 9.59 Å². The highest BCUT2D eigenvalue weighted by molar-refractivity contribution is 6.05. The molecule has 2 amide bonds. The first-order valence-electron chi connectivity index (χ1n) is 11.3. The number of benzene rings is 3. The van der Waals surface area contributed by atoms with Gasteiger partial charge < -0.3 is 29.6 Å². The van der Waals surface area contributed by atoms with E-state index in [0.29, 0.717) is 58.7 Å². The molecule has 0 spiro atoms. The first kappa shape index (κ1) is 25.4. The summed E-state index contributed by atoms with van der Waals surface area (Å²) in [5, 5.41) is 5.76. The van der Waals surface area contributed by atoms with Crippen LogP contribution in [-0.2, 0) is 11.2 Å². The number of amides is 2. The maximum absolute atomic E-state index is 12.9. The highest BCUT2D eigenvalue weighted by Gasteiger charge is 2.18. The molecule has 0 radical (unpaired) electrons. The van der Waals surface area contributed by atoms with Gasteiger partial charge in [0.1, 0.15) is 23.0 Å². The van der Waals surface area contributed by atoms with Crippen LogP contribution in [0.2, 0.25) is 0 Å². The summed E-state index contributed by atoms with van der Waals surface area (Å²) in [6.45, 7) is 4.42. The first-order chi connectivity index (χ1) is 17.0. The minimum atomic E-state index is -0.280. The van der Waals surface area contributed by atoms with Crippen LogP contribution in [-0.4, -0.2) is 39.2 Å². The number of hydrogen-bond donors (Lipinski definition) is 2. The number of rotatable bonds is 11. The van der Waals surface area contributed by atoms with Gasteiger partial charge in [-0.05, 0) is 32.0 Å². The number of carbonyl (C=O) groups excluding carboxylic acids is 2.